The highest BCUT2D eigenvalue weighted by molar-refractivity contribution is 5.85. The van der Waals surface area contributed by atoms with Gasteiger partial charge in [0.25, 0.3) is 0 Å². The van der Waals surface area contributed by atoms with Gasteiger partial charge in [0.2, 0.25) is 0 Å². The summed E-state index contributed by atoms with van der Waals surface area (Å²) in [4.78, 5) is 23.1. The number of hydrogen-bond acceptors (Lipinski definition) is 3. The van der Waals surface area contributed by atoms with Crippen LogP contribution in [0.3, 0.4) is 0 Å². The summed E-state index contributed by atoms with van der Waals surface area (Å²) in [5, 5.41) is 0. The lowest BCUT2D eigenvalue weighted by Gasteiger charge is -2.04. The van der Waals surface area contributed by atoms with Crippen LogP contribution in [0.25, 0.3) is 0 Å². The standard InChI is InChI=1S/C28H52O3/c1-3-5-7-8-9-10-11-12-13-14-15-16-17-18-19-20-21-22-24-26-28(30)31-27(29)25-23-6-4-2/h12-13H,3-11,14-26H2,1-2H3/b13-12-. The zero-order valence-electron chi connectivity index (χ0n) is 20.9. The minimum Gasteiger partial charge on any atom is -0.393 e. The number of hydrogen-bond donors (Lipinski definition) is 0. The highest BCUT2D eigenvalue weighted by Crippen LogP contribution is 2.13. The van der Waals surface area contributed by atoms with Crippen LogP contribution in [-0.2, 0) is 14.3 Å². The van der Waals surface area contributed by atoms with Crippen molar-refractivity contribution in [1.29, 1.82) is 0 Å². The monoisotopic (exact) mass is 436 g/mol. The minimum absolute atomic E-state index is 0.345. The molecule has 0 heterocycles. The second kappa shape index (κ2) is 25.1. The lowest BCUT2D eigenvalue weighted by atomic mass is 10.1. The molecule has 0 rings (SSSR count). The molecule has 0 aliphatic heterocycles. The minimum atomic E-state index is -0.355. The number of rotatable bonds is 23. The van der Waals surface area contributed by atoms with Crippen LogP contribution in [0.5, 0.6) is 0 Å². The van der Waals surface area contributed by atoms with E-state index in [1.807, 2.05) is 0 Å². The van der Waals surface area contributed by atoms with Gasteiger partial charge in [-0.25, -0.2) is 0 Å². The summed E-state index contributed by atoms with van der Waals surface area (Å²) in [6.45, 7) is 4.36. The van der Waals surface area contributed by atoms with Gasteiger partial charge in [-0.3, -0.25) is 9.59 Å². The molecule has 3 nitrogen and oxygen atoms in total. The Balaban J connectivity index is 3.25. The first-order valence-electron chi connectivity index (χ1n) is 13.6. The zero-order chi connectivity index (χ0) is 22.8. The molecule has 0 radical (unpaired) electrons. The van der Waals surface area contributed by atoms with Crippen molar-refractivity contribution in [2.75, 3.05) is 0 Å². The Labute approximate surface area is 193 Å². The summed E-state index contributed by atoms with van der Waals surface area (Å²) >= 11 is 0. The van der Waals surface area contributed by atoms with Gasteiger partial charge in [-0.15, -0.1) is 0 Å². The van der Waals surface area contributed by atoms with Gasteiger partial charge in [-0.2, -0.15) is 0 Å². The molecule has 0 bridgehead atoms. The van der Waals surface area contributed by atoms with E-state index in [0.29, 0.717) is 12.8 Å². The van der Waals surface area contributed by atoms with Crippen molar-refractivity contribution in [3.05, 3.63) is 12.2 Å². The average molecular weight is 437 g/mol. The Kier molecular flexibility index (Phi) is 24.2. The van der Waals surface area contributed by atoms with Crippen molar-refractivity contribution in [3.8, 4) is 0 Å². The van der Waals surface area contributed by atoms with Crippen molar-refractivity contribution >= 4 is 11.9 Å². The third kappa shape index (κ3) is 25.0. The number of unbranched alkanes of at least 4 members (excludes halogenated alkanes) is 17. The summed E-state index contributed by atoms with van der Waals surface area (Å²) in [5.74, 6) is -0.700. The number of allylic oxidation sites excluding steroid dienone is 2. The predicted molar refractivity (Wildman–Crippen MR) is 133 cm³/mol. The van der Waals surface area contributed by atoms with E-state index in [9.17, 15) is 9.59 Å². The quantitative estimate of drug-likeness (QED) is 0.0693. The molecular weight excluding hydrogens is 384 g/mol. The van der Waals surface area contributed by atoms with Gasteiger partial charge in [0.05, 0.1) is 0 Å². The van der Waals surface area contributed by atoms with E-state index in [2.05, 4.69) is 26.0 Å². The van der Waals surface area contributed by atoms with Crippen molar-refractivity contribution in [2.45, 2.75) is 155 Å². The molecule has 0 fully saturated rings. The lowest BCUT2D eigenvalue weighted by molar-refractivity contribution is -0.159. The van der Waals surface area contributed by atoms with E-state index in [1.165, 1.54) is 96.3 Å². The summed E-state index contributed by atoms with van der Waals surface area (Å²) in [7, 11) is 0. The van der Waals surface area contributed by atoms with Crippen LogP contribution in [0, 0.1) is 0 Å². The molecule has 31 heavy (non-hydrogen) atoms. The fourth-order valence-electron chi connectivity index (χ4n) is 3.80. The fraction of sp³-hybridized carbons (Fsp3) is 0.857. The average Bonchev–Trinajstić information content (AvgIpc) is 2.75. The second-order valence-electron chi connectivity index (χ2n) is 9.05. The van der Waals surface area contributed by atoms with Crippen molar-refractivity contribution in [1.82, 2.24) is 0 Å². The second-order valence-corrected chi connectivity index (χ2v) is 9.05. The highest BCUT2D eigenvalue weighted by Gasteiger charge is 2.09. The largest absolute Gasteiger partial charge is 0.393 e. The topological polar surface area (TPSA) is 43.4 Å². The molecule has 0 amide bonds. The SMILES string of the molecule is CCCCCCCC/C=C\CCCCCCCCCCCC(=O)OC(=O)CCCCC. The number of ether oxygens (including phenoxy) is 1. The van der Waals surface area contributed by atoms with Crippen LogP contribution in [-0.4, -0.2) is 11.9 Å². The van der Waals surface area contributed by atoms with E-state index in [0.717, 1.165) is 32.1 Å². The van der Waals surface area contributed by atoms with E-state index >= 15 is 0 Å². The molecule has 0 spiro atoms. The van der Waals surface area contributed by atoms with Crippen LogP contribution < -0.4 is 0 Å². The van der Waals surface area contributed by atoms with Crippen LogP contribution >= 0.6 is 0 Å². The Morgan fingerprint density at radius 2 is 0.806 bits per heavy atom. The number of carbonyl (C=O) groups is 2. The van der Waals surface area contributed by atoms with Crippen LogP contribution in [0.4, 0.5) is 0 Å². The normalized spacial score (nSPS) is 11.3. The first kappa shape index (κ1) is 29.9. The van der Waals surface area contributed by atoms with Gasteiger partial charge in [-0.05, 0) is 38.5 Å². The van der Waals surface area contributed by atoms with Crippen LogP contribution in [0.1, 0.15) is 155 Å². The molecule has 0 aromatic carbocycles. The van der Waals surface area contributed by atoms with Crippen molar-refractivity contribution < 1.29 is 14.3 Å². The maximum absolute atomic E-state index is 11.6. The summed E-state index contributed by atoms with van der Waals surface area (Å²) in [6.07, 6.45) is 30.2. The first-order valence-corrected chi connectivity index (χ1v) is 13.6. The third-order valence-electron chi connectivity index (χ3n) is 5.85. The molecule has 182 valence electrons. The molecule has 0 saturated heterocycles. The fourth-order valence-corrected chi connectivity index (χ4v) is 3.80. The molecule has 0 aromatic rings. The van der Waals surface area contributed by atoms with Gasteiger partial charge in [0.1, 0.15) is 0 Å². The van der Waals surface area contributed by atoms with Crippen LogP contribution in [0.15, 0.2) is 12.2 Å². The Morgan fingerprint density at radius 1 is 0.484 bits per heavy atom. The molecule has 0 atom stereocenters. The van der Waals surface area contributed by atoms with Gasteiger partial charge in [0.15, 0.2) is 0 Å². The van der Waals surface area contributed by atoms with E-state index < -0.39 is 0 Å². The molecule has 0 aliphatic rings. The zero-order valence-corrected chi connectivity index (χ0v) is 20.9. The maximum Gasteiger partial charge on any atom is 0.313 e. The molecule has 0 saturated carbocycles. The van der Waals surface area contributed by atoms with Gasteiger partial charge in [0, 0.05) is 12.8 Å². The maximum atomic E-state index is 11.6. The molecular formula is C28H52O3. The predicted octanol–water partition coefficient (Wildman–Crippen LogP) is 9.23. The van der Waals surface area contributed by atoms with Crippen LogP contribution in [0.2, 0.25) is 0 Å². The van der Waals surface area contributed by atoms with E-state index in [4.69, 9.17) is 4.74 Å². The molecule has 0 unspecified atom stereocenters. The van der Waals surface area contributed by atoms with E-state index in [1.54, 1.807) is 0 Å². The summed E-state index contributed by atoms with van der Waals surface area (Å²) in [6, 6.07) is 0. The molecule has 0 aliphatic carbocycles. The lowest BCUT2D eigenvalue weighted by Crippen LogP contribution is -2.11. The Hall–Kier alpha value is -1.12. The number of carbonyl (C=O) groups excluding carboxylic acids is 2. The molecule has 0 N–H and O–H groups in total. The highest BCUT2D eigenvalue weighted by atomic mass is 16.6. The van der Waals surface area contributed by atoms with Crippen molar-refractivity contribution in [2.24, 2.45) is 0 Å². The summed E-state index contributed by atoms with van der Waals surface area (Å²) < 4.78 is 4.85. The Bertz CT molecular complexity index is 428. The summed E-state index contributed by atoms with van der Waals surface area (Å²) in [5.41, 5.74) is 0. The van der Waals surface area contributed by atoms with Gasteiger partial charge >= 0.3 is 11.9 Å². The third-order valence-corrected chi connectivity index (χ3v) is 5.85. The first-order chi connectivity index (χ1) is 15.2. The van der Waals surface area contributed by atoms with Gasteiger partial charge < -0.3 is 4.74 Å². The van der Waals surface area contributed by atoms with Crippen molar-refractivity contribution in [3.63, 3.8) is 0 Å². The molecule has 3 heteroatoms. The number of esters is 2. The van der Waals surface area contributed by atoms with E-state index in [-0.39, 0.29) is 11.9 Å². The molecule has 0 aromatic heterocycles. The smallest absolute Gasteiger partial charge is 0.313 e. The van der Waals surface area contributed by atoms with Gasteiger partial charge in [-0.1, -0.05) is 116 Å². The Morgan fingerprint density at radius 3 is 1.26 bits per heavy atom.